The summed E-state index contributed by atoms with van der Waals surface area (Å²) in [5.74, 6) is 0.618. The van der Waals surface area contributed by atoms with E-state index in [-0.39, 0.29) is 5.78 Å². The lowest BCUT2D eigenvalue weighted by atomic mass is 9.97. The number of carbonyl (C=O) groups excluding carboxylic acids is 1. The Labute approximate surface area is 145 Å². The number of halogens is 1. The Morgan fingerprint density at radius 2 is 1.67 bits per heavy atom. The highest BCUT2D eigenvalue weighted by atomic mass is 35.5. The Morgan fingerprint density at radius 3 is 2.33 bits per heavy atom. The van der Waals surface area contributed by atoms with Gasteiger partial charge in [0.25, 0.3) is 0 Å². The van der Waals surface area contributed by atoms with Crippen molar-refractivity contribution in [3.63, 3.8) is 0 Å². The molecule has 3 aromatic carbocycles. The van der Waals surface area contributed by atoms with Gasteiger partial charge in [0, 0.05) is 27.4 Å². The van der Waals surface area contributed by atoms with E-state index in [1.165, 1.54) is 0 Å². The molecule has 2 N–H and O–H groups in total. The maximum atomic E-state index is 12.7. The number of ketones is 1. The summed E-state index contributed by atoms with van der Waals surface area (Å²) in [6, 6.07) is 19.7. The average Bonchev–Trinajstić information content (AvgIpc) is 2.61. The zero-order valence-electron chi connectivity index (χ0n) is 13.1. The summed E-state index contributed by atoms with van der Waals surface area (Å²) in [4.78, 5) is 12.7. The van der Waals surface area contributed by atoms with E-state index in [1.807, 2.05) is 24.3 Å². The average molecular weight is 338 g/mol. The van der Waals surface area contributed by atoms with Crippen LogP contribution in [-0.2, 0) is 0 Å². The highest BCUT2D eigenvalue weighted by molar-refractivity contribution is 6.30. The minimum Gasteiger partial charge on any atom is -0.496 e. The predicted octanol–water partition coefficient (Wildman–Crippen LogP) is 4.83. The quantitative estimate of drug-likeness (QED) is 0.548. The third-order valence-electron chi connectivity index (χ3n) is 3.77. The van der Waals surface area contributed by atoms with Gasteiger partial charge < -0.3 is 10.5 Å². The first-order valence-electron chi connectivity index (χ1n) is 7.42. The number of nitrogens with two attached hydrogens (primary N) is 1. The van der Waals surface area contributed by atoms with Crippen molar-refractivity contribution < 1.29 is 9.53 Å². The van der Waals surface area contributed by atoms with Crippen molar-refractivity contribution in [2.24, 2.45) is 0 Å². The number of hydrogen-bond donors (Lipinski definition) is 1. The number of hydrogen-bond acceptors (Lipinski definition) is 3. The van der Waals surface area contributed by atoms with E-state index < -0.39 is 0 Å². The fourth-order valence-corrected chi connectivity index (χ4v) is 2.72. The summed E-state index contributed by atoms with van der Waals surface area (Å²) in [6.45, 7) is 0. The van der Waals surface area contributed by atoms with E-state index in [1.54, 1.807) is 49.6 Å². The molecule has 0 saturated heterocycles. The molecule has 0 radical (unpaired) electrons. The van der Waals surface area contributed by atoms with Gasteiger partial charge >= 0.3 is 0 Å². The van der Waals surface area contributed by atoms with Gasteiger partial charge in [-0.15, -0.1) is 0 Å². The molecule has 0 heterocycles. The first-order valence-corrected chi connectivity index (χ1v) is 7.80. The van der Waals surface area contributed by atoms with Gasteiger partial charge in [-0.05, 0) is 60.2 Å². The normalized spacial score (nSPS) is 10.4. The number of ether oxygens (including phenoxy) is 1. The topological polar surface area (TPSA) is 52.3 Å². The largest absolute Gasteiger partial charge is 0.496 e. The first-order chi connectivity index (χ1) is 11.6. The molecule has 0 unspecified atom stereocenters. The van der Waals surface area contributed by atoms with Crippen molar-refractivity contribution in [2.45, 2.75) is 0 Å². The molecular formula is C20H16ClNO2. The van der Waals surface area contributed by atoms with Gasteiger partial charge in [-0.2, -0.15) is 0 Å². The van der Waals surface area contributed by atoms with Crippen LogP contribution in [0.3, 0.4) is 0 Å². The summed E-state index contributed by atoms with van der Waals surface area (Å²) in [7, 11) is 1.60. The molecule has 0 aliphatic heterocycles. The van der Waals surface area contributed by atoms with Crippen LogP contribution < -0.4 is 10.5 Å². The van der Waals surface area contributed by atoms with Gasteiger partial charge in [-0.3, -0.25) is 4.79 Å². The van der Waals surface area contributed by atoms with Crippen molar-refractivity contribution in [3.8, 4) is 16.9 Å². The van der Waals surface area contributed by atoms with Crippen LogP contribution in [0.5, 0.6) is 5.75 Å². The molecule has 3 nitrogen and oxygen atoms in total. The minimum absolute atomic E-state index is 0.0686. The summed E-state index contributed by atoms with van der Waals surface area (Å²) < 4.78 is 5.42. The smallest absolute Gasteiger partial charge is 0.193 e. The van der Waals surface area contributed by atoms with Crippen molar-refractivity contribution in [1.29, 1.82) is 0 Å². The van der Waals surface area contributed by atoms with Gasteiger partial charge in [-0.1, -0.05) is 23.7 Å². The second kappa shape index (κ2) is 6.77. The lowest BCUT2D eigenvalue weighted by Gasteiger charge is -2.11. The predicted molar refractivity (Wildman–Crippen MR) is 97.7 cm³/mol. The standard InChI is InChI=1S/C20H16ClNO2/c1-24-19-10-7-15(20(23)13-5-8-17(22)9-6-13)12-18(19)14-3-2-4-16(21)11-14/h2-12H,22H2,1H3. The number of benzene rings is 3. The molecule has 0 spiro atoms. The fourth-order valence-electron chi connectivity index (χ4n) is 2.53. The molecule has 4 heteroatoms. The zero-order chi connectivity index (χ0) is 17.1. The van der Waals surface area contributed by atoms with E-state index in [0.29, 0.717) is 27.6 Å². The molecule has 120 valence electrons. The maximum Gasteiger partial charge on any atom is 0.193 e. The molecule has 3 rings (SSSR count). The number of carbonyl (C=O) groups is 1. The second-order valence-corrected chi connectivity index (χ2v) is 5.81. The molecule has 0 bridgehead atoms. The van der Waals surface area contributed by atoms with E-state index in [2.05, 4.69) is 0 Å². The molecule has 24 heavy (non-hydrogen) atoms. The lowest BCUT2D eigenvalue weighted by molar-refractivity contribution is 0.103. The van der Waals surface area contributed by atoms with Crippen LogP contribution in [0.25, 0.3) is 11.1 Å². The summed E-state index contributed by atoms with van der Waals surface area (Å²) in [6.07, 6.45) is 0. The van der Waals surface area contributed by atoms with Crippen LogP contribution in [-0.4, -0.2) is 12.9 Å². The zero-order valence-corrected chi connectivity index (χ0v) is 13.9. The molecular weight excluding hydrogens is 322 g/mol. The number of methoxy groups -OCH3 is 1. The molecule has 0 amide bonds. The number of anilines is 1. The first kappa shape index (κ1) is 16.1. The van der Waals surface area contributed by atoms with Crippen molar-refractivity contribution >= 4 is 23.1 Å². The Morgan fingerprint density at radius 1 is 0.958 bits per heavy atom. The molecule has 0 aliphatic rings. The van der Waals surface area contributed by atoms with Gasteiger partial charge in [0.1, 0.15) is 5.75 Å². The van der Waals surface area contributed by atoms with Crippen LogP contribution >= 0.6 is 11.6 Å². The van der Waals surface area contributed by atoms with Gasteiger partial charge in [0.05, 0.1) is 7.11 Å². The molecule has 0 saturated carbocycles. The second-order valence-electron chi connectivity index (χ2n) is 5.38. The maximum absolute atomic E-state index is 12.7. The van der Waals surface area contributed by atoms with Crippen LogP contribution in [0.15, 0.2) is 66.7 Å². The van der Waals surface area contributed by atoms with Crippen LogP contribution in [0.2, 0.25) is 5.02 Å². The fraction of sp³-hybridized carbons (Fsp3) is 0.0500. The monoisotopic (exact) mass is 337 g/mol. The van der Waals surface area contributed by atoms with E-state index in [4.69, 9.17) is 22.1 Å². The Balaban J connectivity index is 2.06. The summed E-state index contributed by atoms with van der Waals surface area (Å²) in [5.41, 5.74) is 9.19. The van der Waals surface area contributed by atoms with Crippen LogP contribution in [0.1, 0.15) is 15.9 Å². The summed E-state index contributed by atoms with van der Waals surface area (Å²) >= 11 is 6.08. The van der Waals surface area contributed by atoms with E-state index in [0.717, 1.165) is 11.1 Å². The highest BCUT2D eigenvalue weighted by Gasteiger charge is 2.13. The third-order valence-corrected chi connectivity index (χ3v) is 4.01. The van der Waals surface area contributed by atoms with Crippen LogP contribution in [0.4, 0.5) is 5.69 Å². The molecule has 0 atom stereocenters. The van der Waals surface area contributed by atoms with Crippen LogP contribution in [0, 0.1) is 0 Å². The SMILES string of the molecule is COc1ccc(C(=O)c2ccc(N)cc2)cc1-c1cccc(Cl)c1. The van der Waals surface area contributed by atoms with Gasteiger partial charge in [0.15, 0.2) is 5.78 Å². The molecule has 3 aromatic rings. The number of rotatable bonds is 4. The van der Waals surface area contributed by atoms with Crippen molar-refractivity contribution in [1.82, 2.24) is 0 Å². The van der Waals surface area contributed by atoms with E-state index in [9.17, 15) is 4.79 Å². The molecule has 0 fully saturated rings. The molecule has 0 aromatic heterocycles. The third kappa shape index (κ3) is 3.26. The van der Waals surface area contributed by atoms with Gasteiger partial charge in [0.2, 0.25) is 0 Å². The summed E-state index contributed by atoms with van der Waals surface area (Å²) in [5, 5.41) is 0.629. The van der Waals surface area contributed by atoms with Crippen molar-refractivity contribution in [2.75, 3.05) is 12.8 Å². The highest BCUT2D eigenvalue weighted by Crippen LogP contribution is 2.32. The Kier molecular flexibility index (Phi) is 4.54. The van der Waals surface area contributed by atoms with Crippen molar-refractivity contribution in [3.05, 3.63) is 82.9 Å². The minimum atomic E-state index is -0.0686. The Bertz CT molecular complexity index is 888. The Hall–Kier alpha value is -2.78. The lowest BCUT2D eigenvalue weighted by Crippen LogP contribution is -2.02. The number of nitrogen functional groups attached to an aromatic ring is 1. The van der Waals surface area contributed by atoms with Gasteiger partial charge in [-0.25, -0.2) is 0 Å². The van der Waals surface area contributed by atoms with E-state index >= 15 is 0 Å². The molecule has 0 aliphatic carbocycles.